The summed E-state index contributed by atoms with van der Waals surface area (Å²) in [5, 5.41) is 8.82. The molecule has 0 atom stereocenters. The monoisotopic (exact) mass is 238 g/mol. The number of hydrogen-bond acceptors (Lipinski definition) is 2. The second-order valence-corrected chi connectivity index (χ2v) is 4.33. The van der Waals surface area contributed by atoms with Gasteiger partial charge < -0.3 is 9.84 Å². The van der Waals surface area contributed by atoms with Crippen molar-refractivity contribution in [2.24, 2.45) is 0 Å². The van der Waals surface area contributed by atoms with Crippen LogP contribution in [0.3, 0.4) is 0 Å². The molecule has 1 aliphatic rings. The third-order valence-corrected chi connectivity index (χ3v) is 3.07. The fourth-order valence-corrected chi connectivity index (χ4v) is 2.08. The first-order chi connectivity index (χ1) is 8.16. The van der Waals surface area contributed by atoms with Gasteiger partial charge in [0, 0.05) is 5.56 Å². The number of carbonyl (C=O) groups is 1. The lowest BCUT2D eigenvalue weighted by atomic mass is 10.1. The molecular weight excluding hydrogens is 223 g/mol. The van der Waals surface area contributed by atoms with E-state index in [1.54, 1.807) is 0 Å². The first-order valence-electron chi connectivity index (χ1n) is 5.80. The molecular formula is C13H15FO3. The summed E-state index contributed by atoms with van der Waals surface area (Å²) in [5.74, 6) is -1.46. The molecule has 1 aromatic carbocycles. The molecule has 0 bridgehead atoms. The van der Waals surface area contributed by atoms with E-state index in [4.69, 9.17) is 9.84 Å². The summed E-state index contributed by atoms with van der Waals surface area (Å²) in [7, 11) is 0. The van der Waals surface area contributed by atoms with E-state index in [0.717, 1.165) is 25.7 Å². The second kappa shape index (κ2) is 5.27. The number of halogens is 1. The number of rotatable bonds is 4. The summed E-state index contributed by atoms with van der Waals surface area (Å²) in [6.07, 6.45) is 4.54. The van der Waals surface area contributed by atoms with Gasteiger partial charge >= 0.3 is 5.97 Å². The topological polar surface area (TPSA) is 46.5 Å². The minimum Gasteiger partial charge on any atom is -0.478 e. The standard InChI is InChI=1S/C13H15FO3/c14-12-6-5-9(13(15)16)7-10(12)8-17-11-3-1-2-4-11/h5-7,11H,1-4,8H2,(H,15,16). The normalized spacial score (nSPS) is 16.3. The van der Waals surface area contributed by atoms with E-state index in [0.29, 0.717) is 5.56 Å². The molecule has 1 fully saturated rings. The summed E-state index contributed by atoms with van der Waals surface area (Å²) in [6.45, 7) is 0.150. The highest BCUT2D eigenvalue weighted by atomic mass is 19.1. The van der Waals surface area contributed by atoms with Crippen LogP contribution in [0.1, 0.15) is 41.6 Å². The predicted octanol–water partition coefficient (Wildman–Crippen LogP) is 2.98. The Labute approximate surface area is 99.2 Å². The molecule has 3 nitrogen and oxygen atoms in total. The Morgan fingerprint density at radius 2 is 2.12 bits per heavy atom. The van der Waals surface area contributed by atoms with E-state index in [2.05, 4.69) is 0 Å². The number of carboxylic acids is 1. The Hall–Kier alpha value is -1.42. The van der Waals surface area contributed by atoms with Gasteiger partial charge in [-0.25, -0.2) is 9.18 Å². The molecule has 0 aromatic heterocycles. The minimum absolute atomic E-state index is 0.0939. The highest BCUT2D eigenvalue weighted by Crippen LogP contribution is 2.22. The SMILES string of the molecule is O=C(O)c1ccc(F)c(COC2CCCC2)c1. The largest absolute Gasteiger partial charge is 0.478 e. The van der Waals surface area contributed by atoms with Gasteiger partial charge in [-0.05, 0) is 31.0 Å². The van der Waals surface area contributed by atoms with Crippen LogP contribution in [0.4, 0.5) is 4.39 Å². The molecule has 1 aromatic rings. The van der Waals surface area contributed by atoms with Crippen molar-refractivity contribution in [3.63, 3.8) is 0 Å². The number of ether oxygens (including phenoxy) is 1. The summed E-state index contributed by atoms with van der Waals surface area (Å²) in [4.78, 5) is 10.8. The lowest BCUT2D eigenvalue weighted by Gasteiger charge is -2.11. The van der Waals surface area contributed by atoms with E-state index in [-0.39, 0.29) is 18.3 Å². The number of aromatic carboxylic acids is 1. The summed E-state index contributed by atoms with van der Waals surface area (Å²) >= 11 is 0. The maximum atomic E-state index is 13.4. The van der Waals surface area contributed by atoms with Gasteiger partial charge in [0.05, 0.1) is 18.3 Å². The van der Waals surface area contributed by atoms with Crippen LogP contribution in [-0.2, 0) is 11.3 Å². The summed E-state index contributed by atoms with van der Waals surface area (Å²) in [6, 6.07) is 3.78. The third kappa shape index (κ3) is 3.03. The van der Waals surface area contributed by atoms with Gasteiger partial charge in [0.15, 0.2) is 0 Å². The molecule has 2 rings (SSSR count). The molecule has 1 N–H and O–H groups in total. The van der Waals surface area contributed by atoms with Crippen molar-refractivity contribution in [3.05, 3.63) is 35.1 Å². The quantitative estimate of drug-likeness (QED) is 0.877. The molecule has 0 amide bonds. The van der Waals surface area contributed by atoms with Gasteiger partial charge in [0.1, 0.15) is 5.82 Å². The first-order valence-corrected chi connectivity index (χ1v) is 5.80. The maximum Gasteiger partial charge on any atom is 0.335 e. The van der Waals surface area contributed by atoms with Crippen LogP contribution in [0.2, 0.25) is 0 Å². The Kier molecular flexibility index (Phi) is 3.74. The Balaban J connectivity index is 2.03. The Morgan fingerprint density at radius 3 is 2.76 bits per heavy atom. The van der Waals surface area contributed by atoms with E-state index in [1.165, 1.54) is 18.2 Å². The molecule has 0 aliphatic heterocycles. The maximum absolute atomic E-state index is 13.4. The molecule has 0 heterocycles. The predicted molar refractivity (Wildman–Crippen MR) is 60.4 cm³/mol. The zero-order valence-electron chi connectivity index (χ0n) is 9.49. The summed E-state index contributed by atoms with van der Waals surface area (Å²) in [5.41, 5.74) is 0.410. The average Bonchev–Trinajstić information content (AvgIpc) is 2.80. The van der Waals surface area contributed by atoms with Crippen molar-refractivity contribution in [2.45, 2.75) is 38.4 Å². The molecule has 0 radical (unpaired) electrons. The van der Waals surface area contributed by atoms with Gasteiger partial charge in [-0.15, -0.1) is 0 Å². The van der Waals surface area contributed by atoms with Gasteiger partial charge in [-0.1, -0.05) is 12.8 Å². The van der Waals surface area contributed by atoms with Gasteiger partial charge in [-0.3, -0.25) is 0 Å². The van der Waals surface area contributed by atoms with Crippen LogP contribution in [-0.4, -0.2) is 17.2 Å². The van der Waals surface area contributed by atoms with Crippen LogP contribution in [0.25, 0.3) is 0 Å². The molecule has 4 heteroatoms. The van der Waals surface area contributed by atoms with Crippen LogP contribution in [0, 0.1) is 5.82 Å². The number of hydrogen-bond donors (Lipinski definition) is 1. The molecule has 17 heavy (non-hydrogen) atoms. The van der Waals surface area contributed by atoms with E-state index < -0.39 is 11.8 Å². The van der Waals surface area contributed by atoms with E-state index in [9.17, 15) is 9.18 Å². The zero-order valence-corrected chi connectivity index (χ0v) is 9.49. The first kappa shape index (κ1) is 12.0. The summed E-state index contributed by atoms with van der Waals surface area (Å²) < 4.78 is 19.0. The molecule has 92 valence electrons. The van der Waals surface area contributed by atoms with Gasteiger partial charge in [0.25, 0.3) is 0 Å². The Morgan fingerprint density at radius 1 is 1.41 bits per heavy atom. The van der Waals surface area contributed by atoms with Gasteiger partial charge in [-0.2, -0.15) is 0 Å². The number of carboxylic acid groups (broad SMARTS) is 1. The fourth-order valence-electron chi connectivity index (χ4n) is 2.08. The van der Waals surface area contributed by atoms with Crippen LogP contribution in [0.5, 0.6) is 0 Å². The lowest BCUT2D eigenvalue weighted by Crippen LogP contribution is -2.09. The molecule has 0 saturated heterocycles. The van der Waals surface area contributed by atoms with E-state index in [1.807, 2.05) is 0 Å². The number of benzene rings is 1. The van der Waals surface area contributed by atoms with Crippen LogP contribution >= 0.6 is 0 Å². The second-order valence-electron chi connectivity index (χ2n) is 4.33. The Bertz CT molecular complexity index is 411. The third-order valence-electron chi connectivity index (χ3n) is 3.07. The van der Waals surface area contributed by atoms with Crippen molar-refractivity contribution in [1.82, 2.24) is 0 Å². The average molecular weight is 238 g/mol. The van der Waals surface area contributed by atoms with Gasteiger partial charge in [0.2, 0.25) is 0 Å². The molecule has 1 saturated carbocycles. The highest BCUT2D eigenvalue weighted by molar-refractivity contribution is 5.87. The van der Waals surface area contributed by atoms with Crippen molar-refractivity contribution in [1.29, 1.82) is 0 Å². The smallest absolute Gasteiger partial charge is 0.335 e. The van der Waals surface area contributed by atoms with Crippen molar-refractivity contribution in [2.75, 3.05) is 0 Å². The van der Waals surface area contributed by atoms with Crippen LogP contribution < -0.4 is 0 Å². The molecule has 0 unspecified atom stereocenters. The van der Waals surface area contributed by atoms with Crippen LogP contribution in [0.15, 0.2) is 18.2 Å². The van der Waals surface area contributed by atoms with E-state index >= 15 is 0 Å². The van der Waals surface area contributed by atoms with Crippen molar-refractivity contribution >= 4 is 5.97 Å². The molecule has 0 spiro atoms. The highest BCUT2D eigenvalue weighted by Gasteiger charge is 2.16. The van der Waals surface area contributed by atoms with Crippen molar-refractivity contribution < 1.29 is 19.0 Å². The molecule has 1 aliphatic carbocycles. The minimum atomic E-state index is -1.05. The van der Waals surface area contributed by atoms with Crippen molar-refractivity contribution in [3.8, 4) is 0 Å². The lowest BCUT2D eigenvalue weighted by molar-refractivity contribution is 0.0440. The fraction of sp³-hybridized carbons (Fsp3) is 0.462. The zero-order chi connectivity index (χ0) is 12.3.